The SMILES string of the molecule is O=S(=O)(c1ccc(Nc2ncnc3ccc(C(c4ccc(Cl)cc4)c4nccs4)cc23)cc1)C(F)(F)F. The summed E-state index contributed by atoms with van der Waals surface area (Å²) in [5, 5.41) is 7.13. The second kappa shape index (κ2) is 9.73. The molecule has 0 amide bonds. The molecule has 188 valence electrons. The number of anilines is 2. The molecule has 0 aliphatic carbocycles. The van der Waals surface area contributed by atoms with Crippen molar-refractivity contribution in [2.24, 2.45) is 0 Å². The van der Waals surface area contributed by atoms with E-state index in [1.165, 1.54) is 29.8 Å². The van der Waals surface area contributed by atoms with Gasteiger partial charge in [0.2, 0.25) is 0 Å². The van der Waals surface area contributed by atoms with Gasteiger partial charge in [-0.25, -0.2) is 23.4 Å². The van der Waals surface area contributed by atoms with E-state index < -0.39 is 20.2 Å². The Morgan fingerprint density at radius 3 is 2.24 bits per heavy atom. The first-order valence-electron chi connectivity index (χ1n) is 10.7. The van der Waals surface area contributed by atoms with Crippen LogP contribution in [0.15, 0.2) is 89.5 Å². The Kier molecular flexibility index (Phi) is 6.61. The van der Waals surface area contributed by atoms with Crippen LogP contribution in [0.4, 0.5) is 24.7 Å². The molecule has 0 spiro atoms. The van der Waals surface area contributed by atoms with Gasteiger partial charge in [-0.3, -0.25) is 0 Å². The number of benzene rings is 3. The number of alkyl halides is 3. The molecule has 37 heavy (non-hydrogen) atoms. The summed E-state index contributed by atoms with van der Waals surface area (Å²) in [6.07, 6.45) is 3.10. The normalized spacial score (nSPS) is 13.0. The molecule has 0 radical (unpaired) electrons. The van der Waals surface area contributed by atoms with Crippen molar-refractivity contribution in [3.05, 3.63) is 106 Å². The predicted molar refractivity (Wildman–Crippen MR) is 137 cm³/mol. The van der Waals surface area contributed by atoms with E-state index in [4.69, 9.17) is 11.6 Å². The summed E-state index contributed by atoms with van der Waals surface area (Å²) in [6, 6.07) is 17.6. The van der Waals surface area contributed by atoms with Gasteiger partial charge < -0.3 is 5.32 Å². The molecule has 0 saturated heterocycles. The van der Waals surface area contributed by atoms with Gasteiger partial charge >= 0.3 is 5.51 Å². The summed E-state index contributed by atoms with van der Waals surface area (Å²) >= 11 is 7.62. The Morgan fingerprint density at radius 1 is 0.892 bits per heavy atom. The number of nitrogens with zero attached hydrogens (tertiary/aromatic N) is 3. The molecule has 3 aromatic carbocycles. The zero-order valence-corrected chi connectivity index (χ0v) is 21.0. The first-order chi connectivity index (χ1) is 17.6. The van der Waals surface area contributed by atoms with Crippen LogP contribution in [0.1, 0.15) is 22.1 Å². The molecule has 0 fully saturated rings. The maximum absolute atomic E-state index is 12.9. The van der Waals surface area contributed by atoms with Crippen LogP contribution >= 0.6 is 22.9 Å². The van der Waals surface area contributed by atoms with Crippen LogP contribution in [0.2, 0.25) is 5.02 Å². The average Bonchev–Trinajstić information content (AvgIpc) is 3.40. The molecule has 12 heteroatoms. The van der Waals surface area contributed by atoms with Crippen molar-refractivity contribution in [1.82, 2.24) is 15.0 Å². The third-order valence-electron chi connectivity index (χ3n) is 5.63. The van der Waals surface area contributed by atoms with Gasteiger partial charge in [-0.1, -0.05) is 29.8 Å². The highest BCUT2D eigenvalue weighted by molar-refractivity contribution is 7.92. The van der Waals surface area contributed by atoms with Gasteiger partial charge in [0.05, 0.1) is 16.3 Å². The van der Waals surface area contributed by atoms with E-state index in [0.717, 1.165) is 28.3 Å². The summed E-state index contributed by atoms with van der Waals surface area (Å²) in [5.41, 5.74) is -2.45. The molecule has 1 atom stereocenters. The van der Waals surface area contributed by atoms with E-state index >= 15 is 0 Å². The summed E-state index contributed by atoms with van der Waals surface area (Å²) < 4.78 is 61.9. The molecule has 0 aliphatic rings. The van der Waals surface area contributed by atoms with Crippen molar-refractivity contribution in [1.29, 1.82) is 0 Å². The Labute approximate surface area is 218 Å². The second-order valence-electron chi connectivity index (χ2n) is 7.95. The van der Waals surface area contributed by atoms with Gasteiger partial charge in [-0.05, 0) is 59.7 Å². The summed E-state index contributed by atoms with van der Waals surface area (Å²) in [5.74, 6) is 0.230. The fourth-order valence-corrected chi connectivity index (χ4v) is 5.53. The van der Waals surface area contributed by atoms with Gasteiger partial charge in [-0.2, -0.15) is 13.2 Å². The smallest absolute Gasteiger partial charge is 0.340 e. The van der Waals surface area contributed by atoms with Gasteiger partial charge in [0.25, 0.3) is 9.84 Å². The van der Waals surface area contributed by atoms with E-state index in [-0.39, 0.29) is 5.92 Å². The van der Waals surface area contributed by atoms with Crippen LogP contribution < -0.4 is 5.32 Å². The van der Waals surface area contributed by atoms with E-state index in [1.54, 1.807) is 6.20 Å². The quantitative estimate of drug-likeness (QED) is 0.242. The molecule has 6 nitrogen and oxygen atoms in total. The van der Waals surface area contributed by atoms with Gasteiger partial charge in [0.15, 0.2) is 0 Å². The lowest BCUT2D eigenvalue weighted by molar-refractivity contribution is -0.0436. The Hall–Kier alpha value is -3.54. The molecule has 0 aliphatic heterocycles. The van der Waals surface area contributed by atoms with Crippen LogP contribution in [0.5, 0.6) is 0 Å². The van der Waals surface area contributed by atoms with Crippen molar-refractivity contribution < 1.29 is 21.6 Å². The number of halogens is 4. The standard InChI is InChI=1S/C25H16ClF3N4O2S2/c26-17-4-1-15(2-5-17)22(24-30-11-12-36-24)16-3-10-21-20(13-16)23(32-14-31-21)33-18-6-8-19(9-7-18)37(34,35)25(27,28)29/h1-14,22H,(H,31,32,33). The molecule has 2 aromatic heterocycles. The lowest BCUT2D eigenvalue weighted by Gasteiger charge is -2.17. The van der Waals surface area contributed by atoms with Crippen molar-refractivity contribution in [2.45, 2.75) is 16.3 Å². The number of rotatable bonds is 6. The number of nitrogens with one attached hydrogen (secondary N) is 1. The molecular formula is C25H16ClF3N4O2S2. The predicted octanol–water partition coefficient (Wildman–Crippen LogP) is 6.96. The van der Waals surface area contributed by atoms with Crippen molar-refractivity contribution in [2.75, 3.05) is 5.32 Å². The number of hydrogen-bond acceptors (Lipinski definition) is 7. The number of aromatic nitrogens is 3. The van der Waals surface area contributed by atoms with Crippen LogP contribution in [0.25, 0.3) is 10.9 Å². The summed E-state index contributed by atoms with van der Waals surface area (Å²) in [7, 11) is -5.43. The summed E-state index contributed by atoms with van der Waals surface area (Å²) in [6.45, 7) is 0. The lowest BCUT2D eigenvalue weighted by Crippen LogP contribution is -2.23. The van der Waals surface area contributed by atoms with Crippen LogP contribution in [0, 0.1) is 0 Å². The van der Waals surface area contributed by atoms with E-state index in [2.05, 4.69) is 20.3 Å². The molecule has 1 N–H and O–H groups in total. The highest BCUT2D eigenvalue weighted by Crippen LogP contribution is 2.36. The Balaban J connectivity index is 1.53. The van der Waals surface area contributed by atoms with Crippen molar-refractivity contribution in [3.8, 4) is 0 Å². The first kappa shape index (κ1) is 25.1. The van der Waals surface area contributed by atoms with Gasteiger partial charge in [-0.15, -0.1) is 11.3 Å². The minimum Gasteiger partial charge on any atom is -0.340 e. The lowest BCUT2D eigenvalue weighted by atomic mass is 9.91. The zero-order chi connectivity index (χ0) is 26.2. The van der Waals surface area contributed by atoms with Crippen LogP contribution in [-0.2, 0) is 9.84 Å². The third kappa shape index (κ3) is 5.02. The highest BCUT2D eigenvalue weighted by atomic mass is 35.5. The number of hydrogen-bond donors (Lipinski definition) is 1. The van der Waals surface area contributed by atoms with E-state index in [1.807, 2.05) is 47.8 Å². The Morgan fingerprint density at radius 2 is 1.59 bits per heavy atom. The Bertz CT molecular complexity index is 1660. The summed E-state index contributed by atoms with van der Waals surface area (Å²) in [4.78, 5) is 12.3. The van der Waals surface area contributed by atoms with Crippen molar-refractivity contribution in [3.63, 3.8) is 0 Å². The average molecular weight is 561 g/mol. The molecule has 0 bridgehead atoms. The molecule has 1 unspecified atom stereocenters. The highest BCUT2D eigenvalue weighted by Gasteiger charge is 2.46. The van der Waals surface area contributed by atoms with E-state index in [0.29, 0.717) is 27.4 Å². The number of fused-ring (bicyclic) bond motifs is 1. The molecule has 0 saturated carbocycles. The molecule has 2 heterocycles. The minimum absolute atomic E-state index is 0.179. The number of sulfone groups is 1. The monoisotopic (exact) mass is 560 g/mol. The van der Waals surface area contributed by atoms with Gasteiger partial charge in [0.1, 0.15) is 17.2 Å². The topological polar surface area (TPSA) is 84.8 Å². The largest absolute Gasteiger partial charge is 0.501 e. The fourth-order valence-electron chi connectivity index (χ4n) is 3.85. The third-order valence-corrected chi connectivity index (χ3v) is 8.22. The molecular weight excluding hydrogens is 545 g/mol. The fraction of sp³-hybridized carbons (Fsp3) is 0.0800. The maximum atomic E-state index is 12.9. The minimum atomic E-state index is -5.43. The van der Waals surface area contributed by atoms with E-state index in [9.17, 15) is 21.6 Å². The molecule has 5 aromatic rings. The molecule has 5 rings (SSSR count). The second-order valence-corrected chi connectivity index (χ2v) is 11.3. The maximum Gasteiger partial charge on any atom is 0.501 e. The van der Waals surface area contributed by atoms with Crippen molar-refractivity contribution >= 4 is 55.2 Å². The number of thiazole rings is 1. The zero-order valence-electron chi connectivity index (χ0n) is 18.6. The first-order valence-corrected chi connectivity index (χ1v) is 13.5. The van der Waals surface area contributed by atoms with Crippen LogP contribution in [-0.4, -0.2) is 28.9 Å². The van der Waals surface area contributed by atoms with Gasteiger partial charge in [0, 0.05) is 27.7 Å². The van der Waals surface area contributed by atoms with Crippen LogP contribution in [0.3, 0.4) is 0 Å².